The highest BCUT2D eigenvalue weighted by molar-refractivity contribution is 7.11. The van der Waals surface area contributed by atoms with Crippen LogP contribution in [0.4, 0.5) is 9.18 Å². The lowest BCUT2D eigenvalue weighted by Crippen LogP contribution is -2.38. The Hall–Kier alpha value is -1.95. The molecule has 1 heterocycles. The zero-order valence-corrected chi connectivity index (χ0v) is 13.3. The molecule has 116 valence electrons. The maximum absolute atomic E-state index is 13.2. The van der Waals surface area contributed by atoms with Crippen LogP contribution in [0.3, 0.4) is 0 Å². The van der Waals surface area contributed by atoms with Gasteiger partial charge in [-0.15, -0.1) is 11.3 Å². The number of nitrogens with zero attached hydrogens (tertiary/aromatic N) is 1. The second kappa shape index (κ2) is 6.04. The summed E-state index contributed by atoms with van der Waals surface area (Å²) in [6.07, 6.45) is 2.65. The second-order valence-corrected chi connectivity index (χ2v) is 6.92. The van der Waals surface area contributed by atoms with Gasteiger partial charge in [-0.1, -0.05) is 12.1 Å². The molecule has 22 heavy (non-hydrogen) atoms. The van der Waals surface area contributed by atoms with Crippen molar-refractivity contribution in [3.63, 3.8) is 0 Å². The second-order valence-electron chi connectivity index (χ2n) is 5.65. The number of aromatic nitrogens is 1. The van der Waals surface area contributed by atoms with Gasteiger partial charge in [0.1, 0.15) is 10.8 Å². The normalized spacial score (nSPS) is 21.2. The summed E-state index contributed by atoms with van der Waals surface area (Å²) in [5.41, 5.74) is 0.939. The van der Waals surface area contributed by atoms with Gasteiger partial charge in [-0.05, 0) is 38.0 Å². The third-order valence-electron chi connectivity index (χ3n) is 3.74. The highest BCUT2D eigenvalue weighted by atomic mass is 32.1. The summed E-state index contributed by atoms with van der Waals surface area (Å²) >= 11 is 1.58. The van der Waals surface area contributed by atoms with Gasteiger partial charge in [0.15, 0.2) is 0 Å². The first-order valence-corrected chi connectivity index (χ1v) is 8.09. The SMILES string of the molecule is Cc1cnc(C(C)NC(=O)N[C@@H]2C[C@H]2c2cccc(F)c2)s1. The van der Waals surface area contributed by atoms with Gasteiger partial charge in [0.05, 0.1) is 6.04 Å². The molecule has 0 bridgehead atoms. The lowest BCUT2D eigenvalue weighted by Gasteiger charge is -2.12. The highest BCUT2D eigenvalue weighted by Crippen LogP contribution is 2.40. The molecule has 6 heteroatoms. The summed E-state index contributed by atoms with van der Waals surface area (Å²) in [4.78, 5) is 17.4. The summed E-state index contributed by atoms with van der Waals surface area (Å²) in [5, 5.41) is 6.72. The summed E-state index contributed by atoms with van der Waals surface area (Å²) < 4.78 is 13.2. The highest BCUT2D eigenvalue weighted by Gasteiger charge is 2.39. The zero-order valence-electron chi connectivity index (χ0n) is 12.5. The summed E-state index contributed by atoms with van der Waals surface area (Å²) in [7, 11) is 0. The summed E-state index contributed by atoms with van der Waals surface area (Å²) in [5.74, 6) is -0.0285. The zero-order chi connectivity index (χ0) is 15.7. The Morgan fingerprint density at radius 1 is 1.50 bits per heavy atom. The molecule has 0 spiro atoms. The molecule has 1 aliphatic carbocycles. The van der Waals surface area contributed by atoms with Gasteiger partial charge in [-0.2, -0.15) is 0 Å². The number of urea groups is 1. The Balaban J connectivity index is 1.51. The van der Waals surface area contributed by atoms with E-state index in [4.69, 9.17) is 0 Å². The topological polar surface area (TPSA) is 54.0 Å². The van der Waals surface area contributed by atoms with Crippen LogP contribution in [-0.4, -0.2) is 17.1 Å². The first-order chi connectivity index (χ1) is 10.5. The van der Waals surface area contributed by atoms with Crippen molar-refractivity contribution in [3.05, 3.63) is 51.7 Å². The van der Waals surface area contributed by atoms with E-state index in [9.17, 15) is 9.18 Å². The third-order valence-corrected chi connectivity index (χ3v) is 4.84. The number of carbonyl (C=O) groups is 1. The molecule has 0 saturated heterocycles. The van der Waals surface area contributed by atoms with Crippen molar-refractivity contribution in [1.29, 1.82) is 0 Å². The molecule has 4 nitrogen and oxygen atoms in total. The fourth-order valence-corrected chi connectivity index (χ4v) is 3.28. The van der Waals surface area contributed by atoms with E-state index in [1.165, 1.54) is 12.1 Å². The van der Waals surface area contributed by atoms with Crippen LogP contribution >= 0.6 is 11.3 Å². The first-order valence-electron chi connectivity index (χ1n) is 7.28. The van der Waals surface area contributed by atoms with Gasteiger partial charge in [-0.3, -0.25) is 0 Å². The number of amides is 2. The average Bonchev–Trinajstić information content (AvgIpc) is 3.08. The maximum Gasteiger partial charge on any atom is 0.315 e. The Labute approximate surface area is 132 Å². The van der Waals surface area contributed by atoms with Gasteiger partial charge in [-0.25, -0.2) is 14.2 Å². The van der Waals surface area contributed by atoms with Crippen molar-refractivity contribution in [2.45, 2.75) is 38.3 Å². The van der Waals surface area contributed by atoms with E-state index in [1.807, 2.05) is 19.9 Å². The van der Waals surface area contributed by atoms with Crippen LogP contribution in [0.15, 0.2) is 30.5 Å². The Morgan fingerprint density at radius 3 is 3.00 bits per heavy atom. The summed E-state index contributed by atoms with van der Waals surface area (Å²) in [6, 6.07) is 6.31. The summed E-state index contributed by atoms with van der Waals surface area (Å²) in [6.45, 7) is 3.90. The number of thiazole rings is 1. The molecule has 0 radical (unpaired) electrons. The standard InChI is InChI=1S/C16H18FN3OS/c1-9-8-18-15(22-9)10(2)19-16(21)20-14-7-13(14)11-4-3-5-12(17)6-11/h3-6,8,10,13-14H,7H2,1-2H3,(H2,19,20,21)/t10?,13-,14+/m0/s1. The number of halogens is 1. The predicted octanol–water partition coefficient (Wildman–Crippen LogP) is 3.51. The fraction of sp³-hybridized carbons (Fsp3) is 0.375. The van der Waals surface area contributed by atoms with Crippen LogP contribution < -0.4 is 10.6 Å². The molecule has 2 N–H and O–H groups in total. The molecule has 2 amide bonds. The van der Waals surface area contributed by atoms with Crippen molar-refractivity contribution in [2.75, 3.05) is 0 Å². The van der Waals surface area contributed by atoms with Crippen LogP contribution in [0, 0.1) is 12.7 Å². The van der Waals surface area contributed by atoms with Gasteiger partial charge in [0, 0.05) is 23.0 Å². The van der Waals surface area contributed by atoms with E-state index in [-0.39, 0.29) is 29.8 Å². The lowest BCUT2D eigenvalue weighted by atomic mass is 10.1. The minimum absolute atomic E-state index is 0.0760. The maximum atomic E-state index is 13.2. The van der Waals surface area contributed by atoms with E-state index < -0.39 is 0 Å². The molecule has 3 rings (SSSR count). The minimum atomic E-state index is -0.236. The number of rotatable bonds is 4. The van der Waals surface area contributed by atoms with Crippen molar-refractivity contribution in [3.8, 4) is 0 Å². The molecule has 1 aromatic heterocycles. The molecule has 1 aromatic carbocycles. The number of hydrogen-bond donors (Lipinski definition) is 2. The predicted molar refractivity (Wildman–Crippen MR) is 84.5 cm³/mol. The van der Waals surface area contributed by atoms with Gasteiger partial charge >= 0.3 is 6.03 Å². The van der Waals surface area contributed by atoms with Crippen molar-refractivity contribution < 1.29 is 9.18 Å². The fourth-order valence-electron chi connectivity index (χ4n) is 2.50. The van der Waals surface area contributed by atoms with Crippen LogP contribution in [0.1, 0.15) is 40.8 Å². The van der Waals surface area contributed by atoms with Crippen molar-refractivity contribution in [2.24, 2.45) is 0 Å². The number of carbonyl (C=O) groups excluding carboxylic acids is 1. The third kappa shape index (κ3) is 3.44. The molecule has 1 unspecified atom stereocenters. The lowest BCUT2D eigenvalue weighted by molar-refractivity contribution is 0.237. The largest absolute Gasteiger partial charge is 0.335 e. The number of nitrogens with one attached hydrogen (secondary N) is 2. The smallest absolute Gasteiger partial charge is 0.315 e. The van der Waals surface area contributed by atoms with Crippen LogP contribution in [0.25, 0.3) is 0 Å². The van der Waals surface area contributed by atoms with Crippen molar-refractivity contribution >= 4 is 17.4 Å². The van der Waals surface area contributed by atoms with E-state index >= 15 is 0 Å². The quantitative estimate of drug-likeness (QED) is 0.906. The molecule has 2 aromatic rings. The molecule has 1 saturated carbocycles. The van der Waals surface area contributed by atoms with Crippen LogP contribution in [-0.2, 0) is 0 Å². The van der Waals surface area contributed by atoms with Crippen LogP contribution in [0.2, 0.25) is 0 Å². The Kier molecular flexibility index (Phi) is 4.11. The van der Waals surface area contributed by atoms with Gasteiger partial charge in [0.25, 0.3) is 0 Å². The Bertz CT molecular complexity index is 688. The molecular weight excluding hydrogens is 301 g/mol. The van der Waals surface area contributed by atoms with E-state index in [0.717, 1.165) is 21.9 Å². The van der Waals surface area contributed by atoms with Gasteiger partial charge in [0.2, 0.25) is 0 Å². The molecule has 3 atom stereocenters. The number of benzene rings is 1. The average molecular weight is 319 g/mol. The van der Waals surface area contributed by atoms with E-state index in [2.05, 4.69) is 15.6 Å². The molecular formula is C16H18FN3OS. The first kappa shape index (κ1) is 15.0. The number of hydrogen-bond acceptors (Lipinski definition) is 3. The van der Waals surface area contributed by atoms with E-state index in [0.29, 0.717) is 0 Å². The Morgan fingerprint density at radius 2 is 2.32 bits per heavy atom. The molecule has 1 aliphatic rings. The minimum Gasteiger partial charge on any atom is -0.335 e. The molecule has 0 aliphatic heterocycles. The van der Waals surface area contributed by atoms with Crippen molar-refractivity contribution in [1.82, 2.24) is 15.6 Å². The van der Waals surface area contributed by atoms with E-state index in [1.54, 1.807) is 23.6 Å². The monoisotopic (exact) mass is 319 g/mol. The van der Waals surface area contributed by atoms with Crippen LogP contribution in [0.5, 0.6) is 0 Å². The molecule has 1 fully saturated rings. The number of aryl methyl sites for hydroxylation is 1. The van der Waals surface area contributed by atoms with Gasteiger partial charge < -0.3 is 10.6 Å².